The zero-order valence-electron chi connectivity index (χ0n) is 19.0. The molecule has 9 heteroatoms. The van der Waals surface area contributed by atoms with Crippen LogP contribution in [0.1, 0.15) is 19.4 Å². The van der Waals surface area contributed by atoms with Crippen molar-refractivity contribution in [2.24, 2.45) is 5.10 Å². The number of nitrogens with zero attached hydrogens (tertiary/aromatic N) is 4. The van der Waals surface area contributed by atoms with Crippen molar-refractivity contribution in [3.05, 3.63) is 81.6 Å². The van der Waals surface area contributed by atoms with E-state index < -0.39 is 5.91 Å². The highest BCUT2D eigenvalue weighted by Crippen LogP contribution is 2.44. The van der Waals surface area contributed by atoms with Crippen molar-refractivity contribution in [3.8, 4) is 6.07 Å². The van der Waals surface area contributed by atoms with Gasteiger partial charge < -0.3 is 14.7 Å². The first-order valence-electron chi connectivity index (χ1n) is 10.8. The van der Waals surface area contributed by atoms with E-state index in [2.05, 4.69) is 15.4 Å². The molecule has 2 aromatic rings. The Hall–Kier alpha value is -3.74. The second-order valence-electron chi connectivity index (χ2n) is 7.73. The van der Waals surface area contributed by atoms with E-state index in [0.717, 1.165) is 37.6 Å². The minimum absolute atomic E-state index is 0.00760. The average molecular weight is 476 g/mol. The number of nitriles is 1. The number of aliphatic hydroxyl groups excluding tert-OH is 1. The maximum Gasteiger partial charge on any atom is 0.284 e. The number of carbonyl (C=O) groups excluding carboxylic acids is 1. The number of hydrogen-bond donors (Lipinski definition) is 2. The van der Waals surface area contributed by atoms with Crippen LogP contribution < -0.4 is 15.2 Å². The summed E-state index contributed by atoms with van der Waals surface area (Å²) in [6, 6.07) is 19.0. The predicted molar refractivity (Wildman–Crippen MR) is 134 cm³/mol. The Morgan fingerprint density at radius 2 is 1.79 bits per heavy atom. The van der Waals surface area contributed by atoms with Gasteiger partial charge in [0, 0.05) is 29.4 Å². The van der Waals surface area contributed by atoms with E-state index in [4.69, 9.17) is 4.74 Å². The van der Waals surface area contributed by atoms with Crippen LogP contribution in [0.25, 0.3) is 0 Å². The third-order valence-corrected chi connectivity index (χ3v) is 6.60. The molecule has 0 radical (unpaired) electrons. The normalized spacial score (nSPS) is 18.1. The summed E-state index contributed by atoms with van der Waals surface area (Å²) in [5, 5.41) is 24.9. The number of thioether (sulfide) groups is 1. The molecule has 2 aliphatic heterocycles. The van der Waals surface area contributed by atoms with Gasteiger partial charge in [0.1, 0.15) is 16.7 Å². The van der Waals surface area contributed by atoms with Gasteiger partial charge in [0.05, 0.1) is 18.9 Å². The van der Waals surface area contributed by atoms with Gasteiger partial charge in [-0.2, -0.15) is 10.4 Å². The van der Waals surface area contributed by atoms with Crippen LogP contribution in [0.3, 0.4) is 0 Å². The van der Waals surface area contributed by atoms with Gasteiger partial charge in [0.25, 0.3) is 5.91 Å². The summed E-state index contributed by atoms with van der Waals surface area (Å²) in [6.07, 6.45) is 0. The molecule has 0 spiro atoms. The average Bonchev–Trinajstić information content (AvgIpc) is 3.17. The number of anilines is 2. The lowest BCUT2D eigenvalue weighted by molar-refractivity contribution is -0.117. The third-order valence-electron chi connectivity index (χ3n) is 5.53. The standard InChI is InChI=1S/C25H25N5O3S/c1-17(19-8-10-20(11-9-19)29-12-14-33-15-13-29)27-28-23(31)22(16-26)25-30(24(32)18(2)34-25)21-6-4-3-5-7-21/h3-11,32H,12-15H2,1-2H3,(H,28,31)/b25-22+,27-17+. The molecule has 2 N–H and O–H groups in total. The molecule has 8 nitrogen and oxygen atoms in total. The lowest BCUT2D eigenvalue weighted by Crippen LogP contribution is -2.36. The number of hydrogen-bond acceptors (Lipinski definition) is 8. The number of amides is 1. The Morgan fingerprint density at radius 3 is 2.44 bits per heavy atom. The number of morpholine rings is 1. The van der Waals surface area contributed by atoms with Crippen LogP contribution in [0, 0.1) is 11.3 Å². The van der Waals surface area contributed by atoms with Gasteiger partial charge in [0.2, 0.25) is 5.88 Å². The lowest BCUT2D eigenvalue weighted by Gasteiger charge is -2.28. The highest BCUT2D eigenvalue weighted by atomic mass is 32.2. The molecule has 0 unspecified atom stereocenters. The number of ether oxygens (including phenoxy) is 1. The summed E-state index contributed by atoms with van der Waals surface area (Å²) < 4.78 is 5.40. The van der Waals surface area contributed by atoms with Gasteiger partial charge in [-0.3, -0.25) is 9.69 Å². The number of aliphatic hydroxyl groups is 1. The number of nitrogens with one attached hydrogen (secondary N) is 1. The highest BCUT2D eigenvalue weighted by Gasteiger charge is 2.32. The molecule has 2 heterocycles. The highest BCUT2D eigenvalue weighted by molar-refractivity contribution is 8.07. The third kappa shape index (κ3) is 4.93. The fourth-order valence-electron chi connectivity index (χ4n) is 3.66. The summed E-state index contributed by atoms with van der Waals surface area (Å²) >= 11 is 1.17. The number of carbonyl (C=O) groups is 1. The lowest BCUT2D eigenvalue weighted by atomic mass is 10.1. The smallest absolute Gasteiger partial charge is 0.284 e. The van der Waals surface area contributed by atoms with E-state index in [0.29, 0.717) is 21.3 Å². The first-order chi connectivity index (χ1) is 16.5. The van der Waals surface area contributed by atoms with Crippen molar-refractivity contribution in [1.82, 2.24) is 5.43 Å². The number of para-hydroxylation sites is 1. The van der Waals surface area contributed by atoms with Crippen molar-refractivity contribution in [2.45, 2.75) is 13.8 Å². The van der Waals surface area contributed by atoms with Gasteiger partial charge in [0.15, 0.2) is 0 Å². The number of rotatable bonds is 5. The first-order valence-corrected chi connectivity index (χ1v) is 11.7. The van der Waals surface area contributed by atoms with Crippen LogP contribution in [0.5, 0.6) is 0 Å². The van der Waals surface area contributed by atoms with E-state index in [9.17, 15) is 15.2 Å². The van der Waals surface area contributed by atoms with Crippen LogP contribution in [-0.4, -0.2) is 43.0 Å². The maximum atomic E-state index is 12.9. The molecule has 0 aliphatic carbocycles. The molecule has 0 saturated carbocycles. The molecule has 4 rings (SSSR count). The van der Waals surface area contributed by atoms with Crippen molar-refractivity contribution < 1.29 is 14.6 Å². The van der Waals surface area contributed by atoms with E-state index >= 15 is 0 Å². The van der Waals surface area contributed by atoms with Crippen LogP contribution in [0.4, 0.5) is 11.4 Å². The number of benzene rings is 2. The molecule has 174 valence electrons. The van der Waals surface area contributed by atoms with E-state index in [1.807, 2.05) is 48.5 Å². The van der Waals surface area contributed by atoms with Gasteiger partial charge in [-0.05, 0) is 43.7 Å². The van der Waals surface area contributed by atoms with E-state index in [1.165, 1.54) is 16.7 Å². The quantitative estimate of drug-likeness (QED) is 0.291. The molecule has 34 heavy (non-hydrogen) atoms. The number of allylic oxidation sites excluding steroid dienone is 1. The topological polar surface area (TPSA) is 101 Å². The van der Waals surface area contributed by atoms with Crippen LogP contribution in [0.15, 0.2) is 81.1 Å². The first kappa shape index (κ1) is 23.4. The van der Waals surface area contributed by atoms with Gasteiger partial charge in [-0.1, -0.05) is 42.1 Å². The Balaban J connectivity index is 1.51. The predicted octanol–water partition coefficient (Wildman–Crippen LogP) is 4.10. The SMILES string of the molecule is CC1=C(O)N(c2ccccc2)/C(=C(/C#N)C(=O)N/N=C(\C)c2ccc(N3CCOCC3)cc2)S1. The van der Waals surface area contributed by atoms with Crippen LogP contribution in [0.2, 0.25) is 0 Å². The fourth-order valence-corrected chi connectivity index (χ4v) is 4.65. The minimum atomic E-state index is -0.641. The molecule has 0 aromatic heterocycles. The van der Waals surface area contributed by atoms with Gasteiger partial charge >= 0.3 is 0 Å². The molecule has 0 atom stereocenters. The van der Waals surface area contributed by atoms with Gasteiger partial charge in [-0.25, -0.2) is 5.43 Å². The summed E-state index contributed by atoms with van der Waals surface area (Å²) in [7, 11) is 0. The molecule has 1 fully saturated rings. The van der Waals surface area contributed by atoms with Crippen molar-refractivity contribution in [3.63, 3.8) is 0 Å². The second kappa shape index (κ2) is 10.5. The molecule has 2 aromatic carbocycles. The molecule has 1 amide bonds. The van der Waals surface area contributed by atoms with Crippen LogP contribution in [-0.2, 0) is 9.53 Å². The van der Waals surface area contributed by atoms with Crippen molar-refractivity contribution in [1.29, 1.82) is 5.26 Å². The van der Waals surface area contributed by atoms with Crippen LogP contribution >= 0.6 is 11.8 Å². The summed E-state index contributed by atoms with van der Waals surface area (Å²) in [5.74, 6) is -0.649. The fraction of sp³-hybridized carbons (Fsp3) is 0.240. The maximum absolute atomic E-state index is 12.9. The molecule has 2 aliphatic rings. The summed E-state index contributed by atoms with van der Waals surface area (Å²) in [5.41, 5.74) is 5.60. The van der Waals surface area contributed by atoms with Crippen molar-refractivity contribution >= 4 is 34.8 Å². The van der Waals surface area contributed by atoms with E-state index in [1.54, 1.807) is 26.0 Å². The van der Waals surface area contributed by atoms with Crippen molar-refractivity contribution in [2.75, 3.05) is 36.1 Å². The number of hydrazone groups is 1. The minimum Gasteiger partial charge on any atom is -0.494 e. The largest absolute Gasteiger partial charge is 0.494 e. The molecular formula is C25H25N5O3S. The van der Waals surface area contributed by atoms with E-state index in [-0.39, 0.29) is 11.5 Å². The zero-order chi connectivity index (χ0) is 24.1. The Bertz CT molecular complexity index is 1190. The molecule has 0 bridgehead atoms. The Labute approximate surface area is 202 Å². The Morgan fingerprint density at radius 1 is 1.12 bits per heavy atom. The monoisotopic (exact) mass is 475 g/mol. The molecular weight excluding hydrogens is 450 g/mol. The molecule has 1 saturated heterocycles. The van der Waals surface area contributed by atoms with Gasteiger partial charge in [-0.15, -0.1) is 0 Å². The zero-order valence-corrected chi connectivity index (χ0v) is 19.8. The summed E-state index contributed by atoms with van der Waals surface area (Å²) in [6.45, 7) is 6.68. The Kier molecular flexibility index (Phi) is 7.21. The second-order valence-corrected chi connectivity index (χ2v) is 8.93. The summed E-state index contributed by atoms with van der Waals surface area (Å²) in [4.78, 5) is 17.2.